The SMILES string of the molecule is O=C(c1ccc[nH]1)N1C[C@H]2CC[C@@H]1CN(Cc1cccnc1)C2. The van der Waals surface area contributed by atoms with Gasteiger partial charge in [-0.1, -0.05) is 6.07 Å². The summed E-state index contributed by atoms with van der Waals surface area (Å²) in [6, 6.07) is 8.19. The molecule has 0 saturated carbocycles. The molecular weight excluding hydrogens is 288 g/mol. The summed E-state index contributed by atoms with van der Waals surface area (Å²) in [6.07, 6.45) is 7.91. The Morgan fingerprint density at radius 1 is 1.22 bits per heavy atom. The molecule has 0 spiro atoms. The maximum Gasteiger partial charge on any atom is 0.270 e. The number of nitrogens with one attached hydrogen (secondary N) is 1. The zero-order chi connectivity index (χ0) is 15.6. The number of aromatic nitrogens is 2. The number of carbonyl (C=O) groups excluding carboxylic acids is 1. The van der Waals surface area contributed by atoms with Crippen LogP contribution in [0.1, 0.15) is 28.9 Å². The van der Waals surface area contributed by atoms with E-state index < -0.39 is 0 Å². The van der Waals surface area contributed by atoms with E-state index in [-0.39, 0.29) is 5.91 Å². The largest absolute Gasteiger partial charge is 0.357 e. The number of amides is 1. The number of hydrogen-bond acceptors (Lipinski definition) is 3. The van der Waals surface area contributed by atoms with E-state index in [4.69, 9.17) is 0 Å². The fourth-order valence-corrected chi connectivity index (χ4v) is 3.92. The first-order valence-electron chi connectivity index (χ1n) is 8.35. The Hall–Kier alpha value is -2.14. The fourth-order valence-electron chi connectivity index (χ4n) is 3.92. The minimum atomic E-state index is 0.146. The summed E-state index contributed by atoms with van der Waals surface area (Å²) in [6.45, 7) is 3.83. The van der Waals surface area contributed by atoms with Crippen molar-refractivity contribution in [3.8, 4) is 0 Å². The first-order chi connectivity index (χ1) is 11.3. The number of H-pyrrole nitrogens is 1. The van der Waals surface area contributed by atoms with Crippen LogP contribution in [0.15, 0.2) is 42.9 Å². The number of aromatic amines is 1. The molecule has 3 aliphatic heterocycles. The van der Waals surface area contributed by atoms with Gasteiger partial charge in [0, 0.05) is 50.8 Å². The monoisotopic (exact) mass is 310 g/mol. The first kappa shape index (κ1) is 14.5. The average molecular weight is 310 g/mol. The van der Waals surface area contributed by atoms with E-state index >= 15 is 0 Å². The van der Waals surface area contributed by atoms with Crippen molar-refractivity contribution in [3.63, 3.8) is 0 Å². The van der Waals surface area contributed by atoms with Gasteiger partial charge in [0.05, 0.1) is 0 Å². The summed E-state index contributed by atoms with van der Waals surface area (Å²) < 4.78 is 0. The van der Waals surface area contributed by atoms with Crippen molar-refractivity contribution >= 4 is 5.91 Å². The van der Waals surface area contributed by atoms with Gasteiger partial charge in [0.1, 0.15) is 5.69 Å². The molecule has 2 atom stereocenters. The third-order valence-electron chi connectivity index (χ3n) is 5.01. The number of pyridine rings is 1. The van der Waals surface area contributed by atoms with E-state index in [0.717, 1.165) is 32.6 Å². The second-order valence-electron chi connectivity index (χ2n) is 6.69. The standard InChI is InChI=1S/C18H22N4O/c23-18(17-4-2-8-20-17)22-12-15-5-6-16(22)13-21(11-15)10-14-3-1-7-19-9-14/h1-4,7-9,15-16,20H,5-6,10-13H2/t15-,16+/m0/s1. The van der Waals surface area contributed by atoms with Crippen molar-refractivity contribution in [1.29, 1.82) is 0 Å². The van der Waals surface area contributed by atoms with Crippen LogP contribution in [-0.4, -0.2) is 51.4 Å². The molecule has 0 unspecified atom stereocenters. The van der Waals surface area contributed by atoms with Crippen LogP contribution in [0.25, 0.3) is 0 Å². The summed E-state index contributed by atoms with van der Waals surface area (Å²) >= 11 is 0. The summed E-state index contributed by atoms with van der Waals surface area (Å²) in [7, 11) is 0. The van der Waals surface area contributed by atoms with E-state index in [1.165, 1.54) is 12.0 Å². The van der Waals surface area contributed by atoms with Gasteiger partial charge in [-0.25, -0.2) is 0 Å². The number of fused-ring (bicyclic) bond motifs is 4. The molecule has 5 heterocycles. The van der Waals surface area contributed by atoms with Gasteiger partial charge in [-0.05, 0) is 42.5 Å². The van der Waals surface area contributed by atoms with E-state index in [1.54, 1.807) is 0 Å². The second kappa shape index (κ2) is 6.16. The van der Waals surface area contributed by atoms with E-state index in [9.17, 15) is 4.79 Å². The zero-order valence-electron chi connectivity index (χ0n) is 13.2. The molecule has 5 nitrogen and oxygen atoms in total. The number of rotatable bonds is 3. The lowest BCUT2D eigenvalue weighted by Gasteiger charge is -2.36. The Morgan fingerprint density at radius 3 is 2.96 bits per heavy atom. The van der Waals surface area contributed by atoms with E-state index in [2.05, 4.69) is 25.8 Å². The fraction of sp³-hybridized carbons (Fsp3) is 0.444. The van der Waals surface area contributed by atoms with Crippen LogP contribution in [0, 0.1) is 5.92 Å². The highest BCUT2D eigenvalue weighted by molar-refractivity contribution is 5.92. The minimum absolute atomic E-state index is 0.146. The molecule has 0 aliphatic carbocycles. The Kier molecular flexibility index (Phi) is 3.87. The maximum atomic E-state index is 12.7. The topological polar surface area (TPSA) is 52.2 Å². The minimum Gasteiger partial charge on any atom is -0.357 e. The van der Waals surface area contributed by atoms with Crippen LogP contribution in [0.4, 0.5) is 0 Å². The maximum absolute atomic E-state index is 12.7. The lowest BCUT2D eigenvalue weighted by Crippen LogP contribution is -2.47. The average Bonchev–Trinajstić information content (AvgIpc) is 2.98. The van der Waals surface area contributed by atoms with Crippen molar-refractivity contribution in [1.82, 2.24) is 19.8 Å². The van der Waals surface area contributed by atoms with Crippen molar-refractivity contribution < 1.29 is 4.79 Å². The van der Waals surface area contributed by atoms with Crippen molar-refractivity contribution in [2.45, 2.75) is 25.4 Å². The molecule has 23 heavy (non-hydrogen) atoms. The lowest BCUT2D eigenvalue weighted by molar-refractivity contribution is 0.0579. The molecule has 3 saturated heterocycles. The van der Waals surface area contributed by atoms with Crippen LogP contribution in [0.2, 0.25) is 0 Å². The summed E-state index contributed by atoms with van der Waals surface area (Å²) in [5, 5.41) is 0. The van der Waals surface area contributed by atoms with Gasteiger partial charge in [-0.3, -0.25) is 14.7 Å². The number of carbonyl (C=O) groups is 1. The third kappa shape index (κ3) is 3.01. The smallest absolute Gasteiger partial charge is 0.270 e. The predicted octanol–water partition coefficient (Wildman–Crippen LogP) is 2.15. The van der Waals surface area contributed by atoms with Gasteiger partial charge in [0.2, 0.25) is 0 Å². The molecule has 3 aliphatic rings. The molecule has 5 heteroatoms. The van der Waals surface area contributed by atoms with Gasteiger partial charge < -0.3 is 9.88 Å². The zero-order valence-corrected chi connectivity index (χ0v) is 13.2. The molecule has 3 fully saturated rings. The highest BCUT2D eigenvalue weighted by Gasteiger charge is 2.37. The summed E-state index contributed by atoms with van der Waals surface area (Å²) in [4.78, 5) is 24.6. The van der Waals surface area contributed by atoms with Gasteiger partial charge >= 0.3 is 0 Å². The van der Waals surface area contributed by atoms with Crippen LogP contribution in [-0.2, 0) is 6.54 Å². The molecule has 1 amide bonds. The predicted molar refractivity (Wildman–Crippen MR) is 87.9 cm³/mol. The molecule has 0 aromatic carbocycles. The normalized spacial score (nSPS) is 24.6. The molecular formula is C18H22N4O. The number of hydrogen-bond donors (Lipinski definition) is 1. The highest BCUT2D eigenvalue weighted by Crippen LogP contribution is 2.29. The molecule has 5 rings (SSSR count). The molecule has 2 bridgehead atoms. The second-order valence-corrected chi connectivity index (χ2v) is 6.69. The molecule has 120 valence electrons. The van der Waals surface area contributed by atoms with Crippen molar-refractivity contribution in [2.75, 3.05) is 19.6 Å². The Labute approximate surface area is 136 Å². The van der Waals surface area contributed by atoms with Gasteiger partial charge in [0.15, 0.2) is 0 Å². The third-order valence-corrected chi connectivity index (χ3v) is 5.01. The molecule has 2 aromatic heterocycles. The highest BCUT2D eigenvalue weighted by atomic mass is 16.2. The summed E-state index contributed by atoms with van der Waals surface area (Å²) in [5.74, 6) is 0.720. The van der Waals surface area contributed by atoms with Gasteiger partial charge in [-0.2, -0.15) is 0 Å². The van der Waals surface area contributed by atoms with E-state index in [1.807, 2.05) is 36.8 Å². The number of piperidine rings is 1. The van der Waals surface area contributed by atoms with Gasteiger partial charge in [0.25, 0.3) is 5.91 Å². The quantitative estimate of drug-likeness (QED) is 0.945. The number of nitrogens with zero attached hydrogens (tertiary/aromatic N) is 3. The van der Waals surface area contributed by atoms with Crippen molar-refractivity contribution in [2.24, 2.45) is 5.92 Å². The molecule has 2 aromatic rings. The van der Waals surface area contributed by atoms with Crippen LogP contribution in [0.3, 0.4) is 0 Å². The summed E-state index contributed by atoms with van der Waals surface area (Å²) in [5.41, 5.74) is 1.95. The van der Waals surface area contributed by atoms with Crippen LogP contribution >= 0.6 is 0 Å². The Morgan fingerprint density at radius 2 is 2.17 bits per heavy atom. The first-order valence-corrected chi connectivity index (χ1v) is 8.35. The van der Waals surface area contributed by atoms with Crippen LogP contribution in [0.5, 0.6) is 0 Å². The Balaban J connectivity index is 1.49. The molecule has 0 radical (unpaired) electrons. The Bertz CT molecular complexity index is 655. The lowest BCUT2D eigenvalue weighted by atomic mass is 9.95. The van der Waals surface area contributed by atoms with Gasteiger partial charge in [-0.15, -0.1) is 0 Å². The van der Waals surface area contributed by atoms with E-state index in [0.29, 0.717) is 17.7 Å². The van der Waals surface area contributed by atoms with Crippen LogP contribution < -0.4 is 0 Å². The van der Waals surface area contributed by atoms with Crippen molar-refractivity contribution in [3.05, 3.63) is 54.1 Å². The molecule has 1 N–H and O–H groups in total.